The quantitative estimate of drug-likeness (QED) is 0.662. The number of nitrogens with zero attached hydrogens (tertiary/aromatic N) is 1. The first-order valence-electron chi connectivity index (χ1n) is 6.10. The lowest BCUT2D eigenvalue weighted by Gasteiger charge is -2.27. The van der Waals surface area contributed by atoms with Crippen LogP contribution in [0.3, 0.4) is 0 Å². The van der Waals surface area contributed by atoms with E-state index in [0.29, 0.717) is 6.04 Å². The molecule has 1 fully saturated rings. The Balaban J connectivity index is 1.82. The Kier molecular flexibility index (Phi) is 4.12. The van der Waals surface area contributed by atoms with Crippen molar-refractivity contribution in [1.29, 1.82) is 0 Å². The lowest BCUT2D eigenvalue weighted by Crippen LogP contribution is -2.32. The second-order valence-corrected chi connectivity index (χ2v) is 5.79. The van der Waals surface area contributed by atoms with Gasteiger partial charge in [0.2, 0.25) is 0 Å². The Labute approximate surface area is 105 Å². The number of thiophene rings is 1. The zero-order valence-corrected chi connectivity index (χ0v) is 10.8. The minimum Gasteiger partial charge on any atom is -0.310 e. The molecule has 1 saturated carbocycles. The molecule has 4 nitrogen and oxygen atoms in total. The predicted molar refractivity (Wildman–Crippen MR) is 69.2 cm³/mol. The summed E-state index contributed by atoms with van der Waals surface area (Å²) in [4.78, 5) is 10.2. The predicted octanol–water partition coefficient (Wildman–Crippen LogP) is 3.32. The van der Waals surface area contributed by atoms with Crippen molar-refractivity contribution in [3.05, 3.63) is 27.1 Å². The summed E-state index contributed by atoms with van der Waals surface area (Å²) in [7, 11) is 0. The van der Waals surface area contributed by atoms with Crippen LogP contribution in [0.25, 0.3) is 0 Å². The van der Waals surface area contributed by atoms with Gasteiger partial charge in [0.15, 0.2) is 0 Å². The first kappa shape index (κ1) is 12.5. The van der Waals surface area contributed by atoms with Gasteiger partial charge in [-0.3, -0.25) is 10.1 Å². The number of hydrogen-bond donors (Lipinski definition) is 1. The van der Waals surface area contributed by atoms with Gasteiger partial charge in [0, 0.05) is 24.0 Å². The Hall–Kier alpha value is -0.940. The molecule has 0 amide bonds. The highest BCUT2D eigenvalue weighted by molar-refractivity contribution is 7.13. The normalized spacial score (nSPS) is 24.8. The Morgan fingerprint density at radius 2 is 2.41 bits per heavy atom. The fourth-order valence-corrected chi connectivity index (χ4v) is 3.16. The summed E-state index contributed by atoms with van der Waals surface area (Å²) in [6.07, 6.45) is 5.09. The summed E-state index contributed by atoms with van der Waals surface area (Å²) in [5, 5.41) is 16.2. The van der Waals surface area contributed by atoms with E-state index in [0.717, 1.165) is 18.0 Å². The fraction of sp³-hybridized carbons (Fsp3) is 0.667. The molecule has 94 valence electrons. The van der Waals surface area contributed by atoms with Gasteiger partial charge < -0.3 is 5.32 Å². The number of nitrogens with one attached hydrogen (secondary N) is 1. The smallest absolute Gasteiger partial charge is 0.310 e. The summed E-state index contributed by atoms with van der Waals surface area (Å²) in [6, 6.07) is 2.25. The van der Waals surface area contributed by atoms with Gasteiger partial charge in [-0.15, -0.1) is 0 Å². The average Bonchev–Trinajstić information content (AvgIpc) is 2.75. The van der Waals surface area contributed by atoms with Crippen LogP contribution in [0.4, 0.5) is 5.00 Å². The zero-order chi connectivity index (χ0) is 12.3. The highest BCUT2D eigenvalue weighted by Gasteiger charge is 2.18. The van der Waals surface area contributed by atoms with Crippen molar-refractivity contribution in [2.75, 3.05) is 0 Å². The lowest BCUT2D eigenvalue weighted by molar-refractivity contribution is -0.380. The zero-order valence-electron chi connectivity index (χ0n) is 10.0. The van der Waals surface area contributed by atoms with Gasteiger partial charge in [0.1, 0.15) is 0 Å². The molecule has 0 spiro atoms. The van der Waals surface area contributed by atoms with Gasteiger partial charge in [0.25, 0.3) is 0 Å². The van der Waals surface area contributed by atoms with Crippen LogP contribution in [0, 0.1) is 16.0 Å². The largest absolute Gasteiger partial charge is 0.324 e. The average molecular weight is 254 g/mol. The third-order valence-electron chi connectivity index (χ3n) is 3.35. The fourth-order valence-electron chi connectivity index (χ4n) is 2.43. The topological polar surface area (TPSA) is 55.2 Å². The molecule has 0 bridgehead atoms. The summed E-state index contributed by atoms with van der Waals surface area (Å²) >= 11 is 1.21. The maximum atomic E-state index is 10.6. The highest BCUT2D eigenvalue weighted by atomic mass is 32.1. The third kappa shape index (κ3) is 3.51. The summed E-state index contributed by atoms with van der Waals surface area (Å²) in [5.41, 5.74) is 1.03. The van der Waals surface area contributed by atoms with Crippen molar-refractivity contribution in [2.24, 2.45) is 5.92 Å². The molecule has 1 aromatic heterocycles. The molecule has 1 N–H and O–H groups in total. The van der Waals surface area contributed by atoms with Gasteiger partial charge in [0.05, 0.1) is 4.92 Å². The number of rotatable bonds is 4. The van der Waals surface area contributed by atoms with Crippen molar-refractivity contribution < 1.29 is 4.92 Å². The van der Waals surface area contributed by atoms with E-state index in [2.05, 4.69) is 12.2 Å². The molecular formula is C12H18N2O2S. The monoisotopic (exact) mass is 254 g/mol. The Bertz CT molecular complexity index is 392. The molecule has 17 heavy (non-hydrogen) atoms. The van der Waals surface area contributed by atoms with Crippen LogP contribution in [-0.4, -0.2) is 11.0 Å². The number of hydrogen-bond acceptors (Lipinski definition) is 4. The van der Waals surface area contributed by atoms with Gasteiger partial charge >= 0.3 is 5.00 Å². The lowest BCUT2D eigenvalue weighted by atomic mass is 9.87. The van der Waals surface area contributed by atoms with Crippen molar-refractivity contribution in [3.8, 4) is 0 Å². The maximum absolute atomic E-state index is 10.6. The van der Waals surface area contributed by atoms with Gasteiger partial charge in [-0.25, -0.2) is 0 Å². The molecule has 0 aromatic carbocycles. The van der Waals surface area contributed by atoms with Crippen LogP contribution in [-0.2, 0) is 6.54 Å². The third-order valence-corrected chi connectivity index (χ3v) is 4.28. The van der Waals surface area contributed by atoms with Crippen molar-refractivity contribution >= 4 is 16.3 Å². The molecule has 0 saturated heterocycles. The molecule has 2 rings (SSSR count). The molecule has 5 heteroatoms. The Morgan fingerprint density at radius 3 is 3.06 bits per heavy atom. The second-order valence-electron chi connectivity index (χ2n) is 4.90. The SMILES string of the molecule is CC1CCCC(NCc2csc([N+](=O)[O-])c2)C1. The van der Waals surface area contributed by atoms with E-state index in [9.17, 15) is 10.1 Å². The van der Waals surface area contributed by atoms with E-state index in [1.165, 1.54) is 37.0 Å². The Morgan fingerprint density at radius 1 is 1.59 bits per heavy atom. The maximum Gasteiger partial charge on any atom is 0.324 e. The molecular weight excluding hydrogens is 236 g/mol. The van der Waals surface area contributed by atoms with Gasteiger partial charge in [-0.05, 0) is 24.3 Å². The second kappa shape index (κ2) is 5.60. The standard InChI is InChI=1S/C12H18N2O2S/c1-9-3-2-4-11(5-9)13-7-10-6-12(14(15)16)17-8-10/h6,8-9,11,13H,2-5,7H2,1H3. The molecule has 1 heterocycles. The molecule has 2 unspecified atom stereocenters. The van der Waals surface area contributed by atoms with Crippen molar-refractivity contribution in [2.45, 2.75) is 45.2 Å². The first-order valence-corrected chi connectivity index (χ1v) is 6.98. The summed E-state index contributed by atoms with van der Waals surface area (Å²) in [6.45, 7) is 3.05. The van der Waals surface area contributed by atoms with E-state index >= 15 is 0 Å². The van der Waals surface area contributed by atoms with E-state index < -0.39 is 0 Å². The van der Waals surface area contributed by atoms with E-state index in [-0.39, 0.29) is 9.92 Å². The van der Waals surface area contributed by atoms with Crippen molar-refractivity contribution in [3.63, 3.8) is 0 Å². The van der Waals surface area contributed by atoms with E-state index in [1.54, 1.807) is 6.07 Å². The van der Waals surface area contributed by atoms with Crippen LogP contribution >= 0.6 is 11.3 Å². The van der Waals surface area contributed by atoms with E-state index in [4.69, 9.17) is 0 Å². The molecule has 1 aromatic rings. The van der Waals surface area contributed by atoms with Crippen LogP contribution < -0.4 is 5.32 Å². The highest BCUT2D eigenvalue weighted by Crippen LogP contribution is 2.25. The number of nitro groups is 1. The molecule has 0 aliphatic heterocycles. The molecule has 1 aliphatic rings. The molecule has 2 atom stereocenters. The summed E-state index contributed by atoms with van der Waals surface area (Å²) in [5.74, 6) is 0.804. The van der Waals surface area contributed by atoms with Crippen LogP contribution in [0.5, 0.6) is 0 Å². The first-order chi connectivity index (χ1) is 8.15. The molecule has 0 radical (unpaired) electrons. The van der Waals surface area contributed by atoms with Gasteiger partial charge in [-0.1, -0.05) is 31.1 Å². The van der Waals surface area contributed by atoms with Crippen molar-refractivity contribution in [1.82, 2.24) is 5.32 Å². The minimum atomic E-state index is -0.323. The van der Waals surface area contributed by atoms with Gasteiger partial charge in [-0.2, -0.15) is 0 Å². The van der Waals surface area contributed by atoms with Crippen LogP contribution in [0.15, 0.2) is 11.4 Å². The molecule has 1 aliphatic carbocycles. The van der Waals surface area contributed by atoms with E-state index in [1.807, 2.05) is 5.38 Å². The van der Waals surface area contributed by atoms with Crippen LogP contribution in [0.1, 0.15) is 38.2 Å². The minimum absolute atomic E-state index is 0.235. The van der Waals surface area contributed by atoms with Crippen LogP contribution in [0.2, 0.25) is 0 Å². The summed E-state index contributed by atoms with van der Waals surface area (Å²) < 4.78 is 0.